The summed E-state index contributed by atoms with van der Waals surface area (Å²) in [6, 6.07) is 17.8. The highest BCUT2D eigenvalue weighted by Crippen LogP contribution is 2.37. The SMILES string of the molecule is CCOC(=O)C1=C(C)N=c2s/c(=C\c3cc(I)cc(OC)c3OCc3ccccc3Cl)c(=O)n2[C@H]1c1ccccc1OC(C)C. The summed E-state index contributed by atoms with van der Waals surface area (Å²) in [7, 11) is 1.57. The van der Waals surface area contributed by atoms with Crippen molar-refractivity contribution >= 4 is 57.6 Å². The number of carbonyl (C=O) groups is 1. The topological polar surface area (TPSA) is 88.4 Å². The minimum atomic E-state index is -0.807. The monoisotopic (exact) mass is 758 g/mol. The molecule has 45 heavy (non-hydrogen) atoms. The van der Waals surface area contributed by atoms with Crippen LogP contribution in [0.25, 0.3) is 6.08 Å². The molecule has 0 bridgehead atoms. The van der Waals surface area contributed by atoms with Crippen LogP contribution >= 0.6 is 45.5 Å². The van der Waals surface area contributed by atoms with Crippen molar-refractivity contribution in [2.45, 2.75) is 46.4 Å². The number of para-hydroxylation sites is 1. The fourth-order valence-corrected chi connectivity index (χ4v) is 6.91. The highest BCUT2D eigenvalue weighted by atomic mass is 127. The molecule has 0 fully saturated rings. The zero-order valence-corrected chi connectivity index (χ0v) is 29.2. The van der Waals surface area contributed by atoms with Crippen LogP contribution in [0.3, 0.4) is 0 Å². The predicted molar refractivity (Wildman–Crippen MR) is 184 cm³/mol. The van der Waals surface area contributed by atoms with Gasteiger partial charge >= 0.3 is 5.97 Å². The van der Waals surface area contributed by atoms with E-state index in [-0.39, 0.29) is 30.5 Å². The van der Waals surface area contributed by atoms with E-state index in [2.05, 4.69) is 22.6 Å². The molecule has 0 spiro atoms. The van der Waals surface area contributed by atoms with Crippen LogP contribution in [-0.4, -0.2) is 30.4 Å². The Morgan fingerprint density at radius 3 is 2.58 bits per heavy atom. The average Bonchev–Trinajstić information content (AvgIpc) is 3.30. The molecule has 4 aromatic rings. The van der Waals surface area contributed by atoms with Gasteiger partial charge in [-0.3, -0.25) is 9.36 Å². The lowest BCUT2D eigenvalue weighted by atomic mass is 9.95. The minimum Gasteiger partial charge on any atom is -0.493 e. The third kappa shape index (κ3) is 6.97. The second-order valence-electron chi connectivity index (χ2n) is 10.4. The number of halogens is 2. The van der Waals surface area contributed by atoms with Crippen molar-refractivity contribution in [1.82, 2.24) is 4.57 Å². The lowest BCUT2D eigenvalue weighted by Crippen LogP contribution is -2.40. The van der Waals surface area contributed by atoms with Gasteiger partial charge in [0.25, 0.3) is 5.56 Å². The molecular formula is C34H32ClIN2O6S. The van der Waals surface area contributed by atoms with Gasteiger partial charge in [0.15, 0.2) is 16.3 Å². The second-order valence-corrected chi connectivity index (χ2v) is 13.1. The summed E-state index contributed by atoms with van der Waals surface area (Å²) in [5.41, 5.74) is 2.58. The van der Waals surface area contributed by atoms with E-state index < -0.39 is 12.0 Å². The van der Waals surface area contributed by atoms with E-state index in [9.17, 15) is 9.59 Å². The van der Waals surface area contributed by atoms with Crippen LogP contribution in [-0.2, 0) is 16.1 Å². The molecule has 1 aliphatic heterocycles. The van der Waals surface area contributed by atoms with Crippen LogP contribution in [0.15, 0.2) is 81.7 Å². The van der Waals surface area contributed by atoms with Gasteiger partial charge in [0.1, 0.15) is 18.4 Å². The Morgan fingerprint density at radius 1 is 1.13 bits per heavy atom. The molecule has 234 valence electrons. The highest BCUT2D eigenvalue weighted by molar-refractivity contribution is 14.1. The quantitative estimate of drug-likeness (QED) is 0.137. The van der Waals surface area contributed by atoms with Gasteiger partial charge in [0.05, 0.1) is 35.6 Å². The van der Waals surface area contributed by atoms with Crippen LogP contribution < -0.4 is 29.1 Å². The summed E-state index contributed by atoms with van der Waals surface area (Å²) in [6.45, 7) is 7.74. The van der Waals surface area contributed by atoms with E-state index in [0.29, 0.717) is 48.4 Å². The Hall–Kier alpha value is -3.61. The number of rotatable bonds is 10. The van der Waals surface area contributed by atoms with Crippen molar-refractivity contribution in [2.24, 2.45) is 4.99 Å². The number of methoxy groups -OCH3 is 1. The summed E-state index contributed by atoms with van der Waals surface area (Å²) in [6.07, 6.45) is 1.64. The first kappa shape index (κ1) is 32.8. The van der Waals surface area contributed by atoms with Gasteiger partial charge in [-0.25, -0.2) is 9.79 Å². The van der Waals surface area contributed by atoms with E-state index >= 15 is 0 Å². The Bertz CT molecular complexity index is 1970. The largest absolute Gasteiger partial charge is 0.493 e. The number of benzene rings is 3. The molecule has 0 amide bonds. The maximum absolute atomic E-state index is 14.3. The van der Waals surface area contributed by atoms with Crippen molar-refractivity contribution in [3.8, 4) is 17.2 Å². The van der Waals surface area contributed by atoms with Gasteiger partial charge in [-0.2, -0.15) is 0 Å². The number of allylic oxidation sites excluding steroid dienone is 1. The number of thiazole rings is 1. The number of hydrogen-bond acceptors (Lipinski definition) is 8. The highest BCUT2D eigenvalue weighted by Gasteiger charge is 2.35. The fraction of sp³-hybridized carbons (Fsp3) is 0.265. The molecule has 0 saturated heterocycles. The molecule has 0 saturated carbocycles. The van der Waals surface area contributed by atoms with Crippen LogP contribution in [0.4, 0.5) is 0 Å². The van der Waals surface area contributed by atoms with Gasteiger partial charge in [-0.15, -0.1) is 0 Å². The maximum atomic E-state index is 14.3. The van der Waals surface area contributed by atoms with Gasteiger partial charge < -0.3 is 18.9 Å². The standard InChI is InChI=1S/C34H32ClIN2O6S/c1-6-42-33(40)29-20(4)37-34-38(30(29)24-12-8-10-14-26(24)44-19(2)3)32(39)28(45-34)16-22-15-23(36)17-27(41-5)31(22)43-18-21-11-7-9-13-25(21)35/h7-17,19,30H,6,18H2,1-5H3/b28-16-/t30-/m0/s1. The van der Waals surface area contributed by atoms with E-state index in [4.69, 9.17) is 35.5 Å². The Balaban J connectivity index is 1.70. The summed E-state index contributed by atoms with van der Waals surface area (Å²) in [5.74, 6) is 1.03. The summed E-state index contributed by atoms with van der Waals surface area (Å²) in [4.78, 5) is 32.8. The summed E-state index contributed by atoms with van der Waals surface area (Å²) < 4.78 is 26.4. The molecule has 5 rings (SSSR count). The molecule has 1 aromatic heterocycles. The first-order valence-electron chi connectivity index (χ1n) is 14.3. The van der Waals surface area contributed by atoms with Gasteiger partial charge in [-0.1, -0.05) is 59.3 Å². The second kappa shape index (κ2) is 14.2. The molecule has 0 N–H and O–H groups in total. The molecule has 8 nitrogen and oxygen atoms in total. The number of ether oxygens (including phenoxy) is 4. The minimum absolute atomic E-state index is 0.127. The molecular weight excluding hydrogens is 727 g/mol. The van der Waals surface area contributed by atoms with Crippen molar-refractivity contribution in [3.05, 3.63) is 117 Å². The van der Waals surface area contributed by atoms with E-state index in [1.165, 1.54) is 11.3 Å². The zero-order chi connectivity index (χ0) is 32.2. The van der Waals surface area contributed by atoms with Crippen LogP contribution in [0, 0.1) is 3.57 Å². The lowest BCUT2D eigenvalue weighted by Gasteiger charge is -2.26. The van der Waals surface area contributed by atoms with Crippen molar-refractivity contribution in [2.75, 3.05) is 13.7 Å². The number of esters is 1. The number of hydrogen-bond donors (Lipinski definition) is 0. The zero-order valence-electron chi connectivity index (χ0n) is 25.4. The van der Waals surface area contributed by atoms with Crippen LogP contribution in [0.5, 0.6) is 17.2 Å². The van der Waals surface area contributed by atoms with Crippen molar-refractivity contribution in [3.63, 3.8) is 0 Å². The molecule has 0 radical (unpaired) electrons. The van der Waals surface area contributed by atoms with Crippen molar-refractivity contribution in [1.29, 1.82) is 0 Å². The molecule has 2 heterocycles. The Labute approximate surface area is 283 Å². The third-order valence-corrected chi connectivity index (χ3v) is 8.95. The number of fused-ring (bicyclic) bond motifs is 1. The van der Waals surface area contributed by atoms with E-state index in [1.54, 1.807) is 37.7 Å². The maximum Gasteiger partial charge on any atom is 0.338 e. The number of carbonyl (C=O) groups excluding carboxylic acids is 1. The first-order chi connectivity index (χ1) is 21.6. The molecule has 11 heteroatoms. The van der Waals surface area contributed by atoms with Gasteiger partial charge in [0, 0.05) is 25.3 Å². The van der Waals surface area contributed by atoms with Crippen molar-refractivity contribution < 1.29 is 23.7 Å². The molecule has 3 aromatic carbocycles. The third-order valence-electron chi connectivity index (χ3n) is 6.98. The van der Waals surface area contributed by atoms with E-state index in [1.807, 2.05) is 68.4 Å². The smallest absolute Gasteiger partial charge is 0.338 e. The number of aromatic nitrogens is 1. The molecule has 1 atom stereocenters. The number of nitrogens with zero attached hydrogens (tertiary/aromatic N) is 2. The molecule has 1 aliphatic rings. The Kier molecular flexibility index (Phi) is 10.4. The average molecular weight is 759 g/mol. The molecule has 0 aliphatic carbocycles. The van der Waals surface area contributed by atoms with Gasteiger partial charge in [-0.05, 0) is 80.6 Å². The summed E-state index contributed by atoms with van der Waals surface area (Å²) >= 11 is 9.82. The van der Waals surface area contributed by atoms with Crippen LogP contribution in [0.1, 0.15) is 50.4 Å². The normalized spacial score (nSPS) is 14.7. The first-order valence-corrected chi connectivity index (χ1v) is 16.6. The predicted octanol–water partition coefficient (Wildman–Crippen LogP) is 6.43. The lowest BCUT2D eigenvalue weighted by molar-refractivity contribution is -0.139. The summed E-state index contributed by atoms with van der Waals surface area (Å²) in [5, 5.41) is 0.589. The Morgan fingerprint density at radius 2 is 1.87 bits per heavy atom. The van der Waals surface area contributed by atoms with Gasteiger partial charge in [0.2, 0.25) is 0 Å². The molecule has 0 unspecified atom stereocenters. The fourth-order valence-electron chi connectivity index (χ4n) is 5.06. The van der Waals surface area contributed by atoms with Crippen LogP contribution in [0.2, 0.25) is 5.02 Å². The van der Waals surface area contributed by atoms with E-state index in [0.717, 1.165) is 9.13 Å².